The van der Waals surface area contributed by atoms with Crippen LogP contribution in [0.4, 0.5) is 5.69 Å². The van der Waals surface area contributed by atoms with E-state index in [4.69, 9.17) is 4.99 Å². The first-order chi connectivity index (χ1) is 15.1. The number of benzene rings is 2. The van der Waals surface area contributed by atoms with E-state index in [1.807, 2.05) is 55.5 Å². The number of para-hydroxylation sites is 1. The molecule has 0 saturated heterocycles. The molecule has 2 aliphatic heterocycles. The largest absolute Gasteiger partial charge is 0.390 e. The second kappa shape index (κ2) is 6.77. The molecule has 4 aliphatic rings. The van der Waals surface area contributed by atoms with Gasteiger partial charge in [0.25, 0.3) is 0 Å². The van der Waals surface area contributed by atoms with Crippen LogP contribution in [0.5, 0.6) is 0 Å². The van der Waals surface area contributed by atoms with Gasteiger partial charge in [-0.25, -0.2) is 9.98 Å². The minimum absolute atomic E-state index is 0.0748. The third-order valence-electron chi connectivity index (χ3n) is 7.58. The molecule has 2 fully saturated rings. The molecule has 2 aliphatic carbocycles. The van der Waals surface area contributed by atoms with Crippen molar-refractivity contribution in [3.8, 4) is 0 Å². The molecule has 2 heterocycles. The molecule has 2 saturated carbocycles. The van der Waals surface area contributed by atoms with Crippen molar-refractivity contribution < 1.29 is 10.2 Å². The average molecular weight is 415 g/mol. The Labute approximate surface area is 181 Å². The molecule has 6 heteroatoms. The number of aliphatic hydroxyl groups excluding tert-OH is 2. The summed E-state index contributed by atoms with van der Waals surface area (Å²) in [5.41, 5.74) is 2.78. The van der Waals surface area contributed by atoms with E-state index in [0.29, 0.717) is 0 Å². The molecule has 0 spiro atoms. The summed E-state index contributed by atoms with van der Waals surface area (Å²) in [4.78, 5) is 11.6. The zero-order valence-corrected chi connectivity index (χ0v) is 17.3. The number of hydrogen-bond acceptors (Lipinski definition) is 6. The number of rotatable bonds is 3. The van der Waals surface area contributed by atoms with Crippen molar-refractivity contribution in [2.24, 2.45) is 27.7 Å². The van der Waals surface area contributed by atoms with Gasteiger partial charge in [-0.15, -0.1) is 0 Å². The first-order valence-electron chi connectivity index (χ1n) is 10.9. The Balaban J connectivity index is 1.42. The summed E-state index contributed by atoms with van der Waals surface area (Å²) in [6.07, 6.45) is 2.98. The van der Waals surface area contributed by atoms with Crippen LogP contribution >= 0.6 is 0 Å². The normalized spacial score (nSPS) is 37.7. The van der Waals surface area contributed by atoms with E-state index in [9.17, 15) is 10.2 Å². The maximum Gasteiger partial charge on any atom is 0.137 e. The fraction of sp³-hybridized carbons (Fsp3) is 0.360. The molecular formula is C25H26N4O2. The van der Waals surface area contributed by atoms with Crippen molar-refractivity contribution in [1.82, 2.24) is 4.90 Å². The Morgan fingerprint density at radius 3 is 2.42 bits per heavy atom. The van der Waals surface area contributed by atoms with E-state index in [-0.39, 0.29) is 23.9 Å². The second-order valence-corrected chi connectivity index (χ2v) is 9.12. The summed E-state index contributed by atoms with van der Waals surface area (Å²) in [7, 11) is 0. The monoisotopic (exact) mass is 414 g/mol. The van der Waals surface area contributed by atoms with Crippen LogP contribution in [0.1, 0.15) is 18.9 Å². The minimum atomic E-state index is -0.779. The highest BCUT2D eigenvalue weighted by Crippen LogP contribution is 2.64. The van der Waals surface area contributed by atoms with Crippen LogP contribution in [0.2, 0.25) is 0 Å². The summed E-state index contributed by atoms with van der Waals surface area (Å²) in [6.45, 7) is 2.04. The number of fused-ring (bicyclic) bond motifs is 2. The minimum Gasteiger partial charge on any atom is -0.390 e. The fourth-order valence-electron chi connectivity index (χ4n) is 5.89. The third kappa shape index (κ3) is 2.65. The molecule has 2 aromatic rings. The van der Waals surface area contributed by atoms with Crippen molar-refractivity contribution in [2.45, 2.75) is 37.3 Å². The lowest BCUT2D eigenvalue weighted by Gasteiger charge is -2.37. The maximum atomic E-state index is 11.0. The predicted molar refractivity (Wildman–Crippen MR) is 122 cm³/mol. The molecule has 7 atom stereocenters. The zero-order valence-electron chi connectivity index (χ0n) is 17.3. The zero-order chi connectivity index (χ0) is 21.2. The van der Waals surface area contributed by atoms with E-state index in [2.05, 4.69) is 33.5 Å². The lowest BCUT2D eigenvalue weighted by molar-refractivity contribution is -0.0324. The Morgan fingerprint density at radius 1 is 1.03 bits per heavy atom. The molecule has 0 amide bonds. The third-order valence-corrected chi connectivity index (χ3v) is 7.58. The van der Waals surface area contributed by atoms with Crippen LogP contribution in [-0.2, 0) is 0 Å². The molecule has 31 heavy (non-hydrogen) atoms. The number of aliphatic hydroxyl groups is 2. The molecule has 3 N–H and O–H groups in total. The summed E-state index contributed by atoms with van der Waals surface area (Å²) in [5.74, 6) is 1.11. The summed E-state index contributed by atoms with van der Waals surface area (Å²) in [5, 5.41) is 25.1. The lowest BCUT2D eigenvalue weighted by Crippen LogP contribution is -2.51. The van der Waals surface area contributed by atoms with Crippen LogP contribution in [0, 0.1) is 17.8 Å². The highest BCUT2D eigenvalue weighted by atomic mass is 16.3. The smallest absolute Gasteiger partial charge is 0.137 e. The molecule has 158 valence electrons. The topological polar surface area (TPSA) is 80.5 Å². The van der Waals surface area contributed by atoms with Crippen LogP contribution in [-0.4, -0.2) is 51.2 Å². The van der Waals surface area contributed by atoms with Gasteiger partial charge in [-0.05, 0) is 41.5 Å². The van der Waals surface area contributed by atoms with Crippen molar-refractivity contribution in [3.05, 3.63) is 72.4 Å². The number of amidine groups is 1. The lowest BCUT2D eigenvalue weighted by atomic mass is 9.91. The van der Waals surface area contributed by atoms with Gasteiger partial charge in [-0.1, -0.05) is 55.5 Å². The summed E-state index contributed by atoms with van der Waals surface area (Å²) >= 11 is 0. The highest BCUT2D eigenvalue weighted by Gasteiger charge is 2.74. The molecule has 2 aromatic carbocycles. The van der Waals surface area contributed by atoms with Crippen molar-refractivity contribution in [2.75, 3.05) is 5.32 Å². The Morgan fingerprint density at radius 2 is 1.74 bits per heavy atom. The number of anilines is 1. The molecule has 6 nitrogen and oxygen atoms in total. The molecular weight excluding hydrogens is 388 g/mol. The van der Waals surface area contributed by atoms with E-state index >= 15 is 0 Å². The fourth-order valence-corrected chi connectivity index (χ4v) is 5.89. The Hall–Kier alpha value is -2.96. The van der Waals surface area contributed by atoms with Crippen LogP contribution < -0.4 is 5.32 Å². The number of nitrogens with one attached hydrogen (secondary N) is 1. The van der Waals surface area contributed by atoms with Gasteiger partial charge in [0.05, 0.1) is 17.6 Å². The first-order valence-corrected chi connectivity index (χ1v) is 10.9. The average Bonchev–Trinajstić information content (AvgIpc) is 3.39. The van der Waals surface area contributed by atoms with Gasteiger partial charge in [-0.2, -0.15) is 0 Å². The van der Waals surface area contributed by atoms with Gasteiger partial charge in [-0.3, -0.25) is 0 Å². The molecule has 0 aromatic heterocycles. The van der Waals surface area contributed by atoms with E-state index in [0.717, 1.165) is 29.1 Å². The quantitative estimate of drug-likeness (QED) is 0.721. The first kappa shape index (κ1) is 18.8. The van der Waals surface area contributed by atoms with Gasteiger partial charge < -0.3 is 20.4 Å². The predicted octanol–water partition coefficient (Wildman–Crippen LogP) is 2.97. The van der Waals surface area contributed by atoms with Crippen molar-refractivity contribution in [1.29, 1.82) is 0 Å². The van der Waals surface area contributed by atoms with Crippen LogP contribution in [0.3, 0.4) is 0 Å². The SMILES string of the molecule is C[C@@H]1[C@H](O)C(O)[C@@]2(N3C=C(c4ccccc4)C4C(Nc5ccccc5)=NC=NC43)C[C@@H]12. The van der Waals surface area contributed by atoms with Crippen LogP contribution in [0.25, 0.3) is 5.57 Å². The second-order valence-electron chi connectivity index (χ2n) is 9.12. The summed E-state index contributed by atoms with van der Waals surface area (Å²) < 4.78 is 0. The standard InChI is InChI=1S/C25H26N4O2/c1-15-19-12-25(19,22(31)21(15)30)29-13-18(16-8-4-2-5-9-16)20-23(26-14-27-24(20)29)28-17-10-6-3-7-11-17/h2-11,13-15,19-22,24,30-31H,12H2,1H3,(H,26,27,28)/t15-,19-,20?,21-,22?,24?,25+/m0/s1. The molecule has 3 unspecified atom stereocenters. The number of hydrogen-bond donors (Lipinski definition) is 3. The number of nitrogens with zero attached hydrogens (tertiary/aromatic N) is 3. The van der Waals surface area contributed by atoms with Gasteiger partial charge in [0.2, 0.25) is 0 Å². The van der Waals surface area contributed by atoms with Crippen molar-refractivity contribution >= 4 is 23.4 Å². The molecule has 0 bridgehead atoms. The van der Waals surface area contributed by atoms with E-state index in [1.165, 1.54) is 0 Å². The van der Waals surface area contributed by atoms with Gasteiger partial charge in [0.1, 0.15) is 24.4 Å². The molecule has 0 radical (unpaired) electrons. The van der Waals surface area contributed by atoms with E-state index < -0.39 is 17.7 Å². The van der Waals surface area contributed by atoms with Crippen LogP contribution in [0.15, 0.2) is 76.8 Å². The number of aliphatic imine (C=N–C) groups is 2. The van der Waals surface area contributed by atoms with Crippen molar-refractivity contribution in [3.63, 3.8) is 0 Å². The van der Waals surface area contributed by atoms with Gasteiger partial charge >= 0.3 is 0 Å². The summed E-state index contributed by atoms with van der Waals surface area (Å²) in [6, 6.07) is 20.3. The Kier molecular flexibility index (Phi) is 4.10. The van der Waals surface area contributed by atoms with Gasteiger partial charge in [0.15, 0.2) is 0 Å². The Bertz CT molecular complexity index is 1080. The highest BCUT2D eigenvalue weighted by molar-refractivity contribution is 6.09. The maximum absolute atomic E-state index is 11.0. The van der Waals surface area contributed by atoms with Gasteiger partial charge in [0, 0.05) is 11.9 Å². The van der Waals surface area contributed by atoms with E-state index in [1.54, 1.807) is 6.34 Å². The molecule has 6 rings (SSSR count).